The number of aliphatic imine (C=N–C) groups is 1. The lowest BCUT2D eigenvalue weighted by Gasteiger charge is -2.38. The monoisotopic (exact) mass is 529 g/mol. The topological polar surface area (TPSA) is 60.4 Å². The van der Waals surface area contributed by atoms with E-state index in [2.05, 4.69) is 51.3 Å². The summed E-state index contributed by atoms with van der Waals surface area (Å²) < 4.78 is 5.85. The SMILES string of the molecule is Cc1cccc(N2CCN(C(=NCC(=O)N(C)C)NCC3CCCCO3)CC2)c1.I. The molecule has 7 nitrogen and oxygen atoms in total. The average molecular weight is 529 g/mol. The molecule has 1 N–H and O–H groups in total. The van der Waals surface area contributed by atoms with Crippen LogP contribution in [0.15, 0.2) is 29.3 Å². The summed E-state index contributed by atoms with van der Waals surface area (Å²) in [5.41, 5.74) is 2.55. The maximum Gasteiger partial charge on any atom is 0.243 e. The van der Waals surface area contributed by atoms with Crippen LogP contribution in [0.3, 0.4) is 0 Å². The summed E-state index contributed by atoms with van der Waals surface area (Å²) in [4.78, 5) is 22.9. The van der Waals surface area contributed by atoms with E-state index in [1.807, 2.05) is 0 Å². The number of benzene rings is 1. The van der Waals surface area contributed by atoms with Gasteiger partial charge in [0, 0.05) is 59.1 Å². The van der Waals surface area contributed by atoms with Crippen LogP contribution in [0.25, 0.3) is 0 Å². The first-order chi connectivity index (χ1) is 14.0. The summed E-state index contributed by atoms with van der Waals surface area (Å²) in [5.74, 6) is 0.829. The van der Waals surface area contributed by atoms with Crippen LogP contribution in [-0.2, 0) is 9.53 Å². The molecule has 168 valence electrons. The van der Waals surface area contributed by atoms with Crippen molar-refractivity contribution in [2.75, 3.05) is 64.9 Å². The number of anilines is 1. The van der Waals surface area contributed by atoms with Crippen LogP contribution in [0.5, 0.6) is 0 Å². The van der Waals surface area contributed by atoms with Gasteiger partial charge in [-0.2, -0.15) is 0 Å². The molecule has 1 amide bonds. The van der Waals surface area contributed by atoms with Gasteiger partial charge in [-0.1, -0.05) is 12.1 Å². The number of ether oxygens (including phenoxy) is 1. The largest absolute Gasteiger partial charge is 0.376 e. The van der Waals surface area contributed by atoms with Crippen molar-refractivity contribution in [2.45, 2.75) is 32.3 Å². The Balaban J connectivity index is 0.00000320. The van der Waals surface area contributed by atoms with Crippen molar-refractivity contribution in [2.24, 2.45) is 4.99 Å². The Kier molecular flexibility index (Phi) is 10.2. The number of guanidine groups is 1. The number of rotatable bonds is 5. The number of halogens is 1. The number of aryl methyl sites for hydroxylation is 1. The van der Waals surface area contributed by atoms with Crippen LogP contribution in [0, 0.1) is 6.92 Å². The van der Waals surface area contributed by atoms with Gasteiger partial charge in [-0.3, -0.25) is 4.79 Å². The Bertz CT molecular complexity index is 699. The number of amides is 1. The molecule has 1 aromatic carbocycles. The maximum absolute atomic E-state index is 12.0. The number of carbonyl (C=O) groups is 1. The molecule has 0 aromatic heterocycles. The number of hydrogen-bond donors (Lipinski definition) is 1. The first-order valence-corrected chi connectivity index (χ1v) is 10.7. The second-order valence-corrected chi connectivity index (χ2v) is 8.11. The van der Waals surface area contributed by atoms with Gasteiger partial charge < -0.3 is 24.8 Å². The molecular weight excluding hydrogens is 493 g/mol. The molecule has 3 rings (SSSR count). The highest BCUT2D eigenvalue weighted by Crippen LogP contribution is 2.18. The summed E-state index contributed by atoms with van der Waals surface area (Å²) in [7, 11) is 3.53. The van der Waals surface area contributed by atoms with Crippen LogP contribution in [0.1, 0.15) is 24.8 Å². The van der Waals surface area contributed by atoms with Gasteiger partial charge in [0.1, 0.15) is 6.54 Å². The fraction of sp³-hybridized carbons (Fsp3) is 0.636. The Morgan fingerprint density at radius 1 is 1.23 bits per heavy atom. The highest BCUT2D eigenvalue weighted by atomic mass is 127. The number of likely N-dealkylation sites (N-methyl/N-ethyl adjacent to an activating group) is 1. The Labute approximate surface area is 197 Å². The highest BCUT2D eigenvalue weighted by molar-refractivity contribution is 14.0. The number of carbonyl (C=O) groups excluding carboxylic acids is 1. The number of piperazine rings is 1. The zero-order valence-corrected chi connectivity index (χ0v) is 20.8. The normalized spacial score (nSPS) is 19.8. The lowest BCUT2D eigenvalue weighted by atomic mass is 10.1. The van der Waals surface area contributed by atoms with Gasteiger partial charge >= 0.3 is 0 Å². The van der Waals surface area contributed by atoms with E-state index in [1.54, 1.807) is 19.0 Å². The molecule has 1 aromatic rings. The molecule has 30 heavy (non-hydrogen) atoms. The molecule has 2 aliphatic heterocycles. The molecule has 2 fully saturated rings. The van der Waals surface area contributed by atoms with Gasteiger partial charge in [-0.15, -0.1) is 24.0 Å². The molecule has 0 aliphatic carbocycles. The molecular formula is C22H36IN5O2. The van der Waals surface area contributed by atoms with Crippen LogP contribution < -0.4 is 10.2 Å². The molecule has 2 heterocycles. The minimum absolute atomic E-state index is 0. The first kappa shape index (κ1) is 24.7. The first-order valence-electron chi connectivity index (χ1n) is 10.7. The summed E-state index contributed by atoms with van der Waals surface area (Å²) in [6.45, 7) is 7.50. The summed E-state index contributed by atoms with van der Waals surface area (Å²) in [6.07, 6.45) is 3.67. The number of nitrogens with one attached hydrogen (secondary N) is 1. The van der Waals surface area contributed by atoms with E-state index in [9.17, 15) is 4.79 Å². The zero-order chi connectivity index (χ0) is 20.6. The van der Waals surface area contributed by atoms with Crippen LogP contribution in [0.2, 0.25) is 0 Å². The quantitative estimate of drug-likeness (QED) is 0.361. The van der Waals surface area contributed by atoms with Crippen molar-refractivity contribution in [1.82, 2.24) is 15.1 Å². The minimum Gasteiger partial charge on any atom is -0.376 e. The van der Waals surface area contributed by atoms with Crippen molar-refractivity contribution in [3.63, 3.8) is 0 Å². The maximum atomic E-state index is 12.0. The average Bonchev–Trinajstić information content (AvgIpc) is 2.74. The molecule has 0 spiro atoms. The summed E-state index contributed by atoms with van der Waals surface area (Å²) in [6, 6.07) is 8.65. The minimum atomic E-state index is 0. The van der Waals surface area contributed by atoms with Gasteiger partial charge in [-0.05, 0) is 43.9 Å². The van der Waals surface area contributed by atoms with E-state index in [-0.39, 0.29) is 42.5 Å². The molecule has 2 aliphatic rings. The molecule has 0 radical (unpaired) electrons. The van der Waals surface area contributed by atoms with E-state index < -0.39 is 0 Å². The van der Waals surface area contributed by atoms with Crippen molar-refractivity contribution in [3.8, 4) is 0 Å². The smallest absolute Gasteiger partial charge is 0.243 e. The third kappa shape index (κ3) is 7.30. The molecule has 0 bridgehead atoms. The lowest BCUT2D eigenvalue weighted by molar-refractivity contribution is -0.127. The van der Waals surface area contributed by atoms with E-state index in [1.165, 1.54) is 17.7 Å². The summed E-state index contributed by atoms with van der Waals surface area (Å²) in [5, 5.41) is 3.48. The molecule has 2 saturated heterocycles. The van der Waals surface area contributed by atoms with Gasteiger partial charge in [-0.25, -0.2) is 4.99 Å². The van der Waals surface area contributed by atoms with Gasteiger partial charge in [0.2, 0.25) is 5.91 Å². The molecule has 1 atom stereocenters. The lowest BCUT2D eigenvalue weighted by Crippen LogP contribution is -2.54. The van der Waals surface area contributed by atoms with Crippen LogP contribution in [0.4, 0.5) is 5.69 Å². The Morgan fingerprint density at radius 2 is 2.00 bits per heavy atom. The third-order valence-electron chi connectivity index (χ3n) is 5.57. The van der Waals surface area contributed by atoms with Crippen molar-refractivity contribution in [3.05, 3.63) is 29.8 Å². The van der Waals surface area contributed by atoms with Crippen molar-refractivity contribution >= 4 is 41.5 Å². The van der Waals surface area contributed by atoms with Gasteiger partial charge in [0.05, 0.1) is 6.10 Å². The predicted octanol–water partition coefficient (Wildman–Crippen LogP) is 2.34. The fourth-order valence-electron chi connectivity index (χ4n) is 3.73. The highest BCUT2D eigenvalue weighted by Gasteiger charge is 2.22. The fourth-order valence-corrected chi connectivity index (χ4v) is 3.73. The number of nitrogens with zero attached hydrogens (tertiary/aromatic N) is 4. The van der Waals surface area contributed by atoms with Gasteiger partial charge in [0.15, 0.2) is 5.96 Å². The number of hydrogen-bond acceptors (Lipinski definition) is 4. The van der Waals surface area contributed by atoms with E-state index in [4.69, 9.17) is 4.74 Å². The Morgan fingerprint density at radius 3 is 2.63 bits per heavy atom. The van der Waals surface area contributed by atoms with E-state index in [0.29, 0.717) is 0 Å². The zero-order valence-electron chi connectivity index (χ0n) is 18.5. The van der Waals surface area contributed by atoms with Crippen molar-refractivity contribution < 1.29 is 9.53 Å². The van der Waals surface area contributed by atoms with Crippen LogP contribution in [-0.4, -0.2) is 87.7 Å². The van der Waals surface area contributed by atoms with E-state index >= 15 is 0 Å². The summed E-state index contributed by atoms with van der Waals surface area (Å²) >= 11 is 0. The Hall–Kier alpha value is -1.55. The molecule has 1 unspecified atom stereocenters. The second kappa shape index (κ2) is 12.3. The van der Waals surface area contributed by atoms with E-state index in [0.717, 1.165) is 58.1 Å². The predicted molar refractivity (Wildman–Crippen MR) is 133 cm³/mol. The molecule has 0 saturated carbocycles. The second-order valence-electron chi connectivity index (χ2n) is 8.11. The standard InChI is InChI=1S/C22H35N5O2.HI/c1-18-7-6-8-19(15-18)26-10-12-27(13-11-26)22(24-17-21(28)25(2)3)23-16-20-9-4-5-14-29-20;/h6-8,15,20H,4-5,9-14,16-17H2,1-3H3,(H,23,24);1H. The van der Waals surface area contributed by atoms with Crippen molar-refractivity contribution in [1.29, 1.82) is 0 Å². The third-order valence-corrected chi connectivity index (χ3v) is 5.57. The van der Waals surface area contributed by atoms with Gasteiger partial charge in [0.25, 0.3) is 0 Å². The van der Waals surface area contributed by atoms with Crippen LogP contribution >= 0.6 is 24.0 Å². The molecule has 8 heteroatoms.